The van der Waals surface area contributed by atoms with Gasteiger partial charge in [0.25, 0.3) is 5.56 Å². The van der Waals surface area contributed by atoms with Crippen LogP contribution in [0.25, 0.3) is 21.3 Å². The average molecular weight is 453 g/mol. The topological polar surface area (TPSA) is 87.3 Å². The number of amides is 1. The summed E-state index contributed by atoms with van der Waals surface area (Å²) in [7, 11) is 0. The van der Waals surface area contributed by atoms with Crippen molar-refractivity contribution < 1.29 is 9.53 Å². The molecule has 2 aliphatic heterocycles. The lowest BCUT2D eigenvalue weighted by atomic mass is 9.96. The lowest BCUT2D eigenvalue weighted by molar-refractivity contribution is -0.126. The van der Waals surface area contributed by atoms with Gasteiger partial charge in [-0.2, -0.15) is 0 Å². The number of hydrogen-bond donors (Lipinski definition) is 2. The second kappa shape index (κ2) is 9.03. The maximum Gasteiger partial charge on any atom is 0.270 e. The molecular weight excluding hydrogens is 424 g/mol. The summed E-state index contributed by atoms with van der Waals surface area (Å²) in [6, 6.07) is 8.25. The summed E-state index contributed by atoms with van der Waals surface area (Å²) < 4.78 is 6.24. The minimum atomic E-state index is -0.106. The fraction of sp³-hybridized carbons (Fsp3) is 0.458. The third kappa shape index (κ3) is 4.29. The molecule has 0 unspecified atom stereocenters. The summed E-state index contributed by atoms with van der Waals surface area (Å²) in [6.07, 6.45) is 3.74. The van der Waals surface area contributed by atoms with Crippen molar-refractivity contribution in [2.75, 3.05) is 31.1 Å². The van der Waals surface area contributed by atoms with Crippen molar-refractivity contribution >= 4 is 33.4 Å². The number of rotatable bonds is 5. The van der Waals surface area contributed by atoms with Gasteiger partial charge in [-0.15, -0.1) is 11.3 Å². The van der Waals surface area contributed by atoms with Gasteiger partial charge in [0.15, 0.2) is 0 Å². The first kappa shape index (κ1) is 21.2. The molecule has 0 saturated carbocycles. The van der Waals surface area contributed by atoms with Crippen molar-refractivity contribution in [3.63, 3.8) is 0 Å². The molecule has 0 spiro atoms. The molecule has 0 bridgehead atoms. The minimum absolute atomic E-state index is 0.00731. The van der Waals surface area contributed by atoms with E-state index in [1.165, 1.54) is 16.9 Å². The van der Waals surface area contributed by atoms with Crippen LogP contribution in [-0.4, -0.2) is 48.2 Å². The number of thiophene rings is 1. The Bertz CT molecular complexity index is 1170. The molecule has 2 N–H and O–H groups in total. The summed E-state index contributed by atoms with van der Waals surface area (Å²) in [6.45, 7) is 4.84. The van der Waals surface area contributed by atoms with E-state index < -0.39 is 0 Å². The Labute approximate surface area is 190 Å². The van der Waals surface area contributed by atoms with Crippen LogP contribution in [0, 0.1) is 12.8 Å². The number of benzene rings is 1. The van der Waals surface area contributed by atoms with Gasteiger partial charge in [-0.3, -0.25) is 14.6 Å². The van der Waals surface area contributed by atoms with Gasteiger partial charge in [-0.25, -0.2) is 4.98 Å². The molecule has 3 aromatic rings. The van der Waals surface area contributed by atoms with Crippen molar-refractivity contribution in [2.45, 2.75) is 38.7 Å². The van der Waals surface area contributed by atoms with Gasteiger partial charge in [0, 0.05) is 43.1 Å². The molecule has 0 radical (unpaired) electrons. The predicted molar refractivity (Wildman–Crippen MR) is 127 cm³/mol. The second-order valence-electron chi connectivity index (χ2n) is 8.73. The summed E-state index contributed by atoms with van der Waals surface area (Å²) in [5.74, 6) is 0.691. The van der Waals surface area contributed by atoms with Gasteiger partial charge in [-0.05, 0) is 38.2 Å². The maximum atomic E-state index is 12.7. The highest BCUT2D eigenvalue weighted by atomic mass is 32.1. The molecule has 4 heterocycles. The number of nitrogens with one attached hydrogen (secondary N) is 2. The smallest absolute Gasteiger partial charge is 0.270 e. The van der Waals surface area contributed by atoms with Crippen LogP contribution in [0.15, 0.2) is 34.4 Å². The fourth-order valence-corrected chi connectivity index (χ4v) is 5.51. The first-order chi connectivity index (χ1) is 15.6. The van der Waals surface area contributed by atoms with Crippen molar-refractivity contribution in [1.29, 1.82) is 0 Å². The SMILES string of the molecule is Cc1cccc(-c2csc3c(=O)[nH]c(N4CCC(C(=O)NC[C@H]5CCCO5)CC4)nc23)c1. The van der Waals surface area contributed by atoms with E-state index in [9.17, 15) is 9.59 Å². The van der Waals surface area contributed by atoms with Gasteiger partial charge in [0.05, 0.1) is 11.6 Å². The van der Waals surface area contributed by atoms with Crippen LogP contribution < -0.4 is 15.8 Å². The van der Waals surface area contributed by atoms with Crippen LogP contribution in [0.4, 0.5) is 5.95 Å². The van der Waals surface area contributed by atoms with Crippen molar-refractivity contribution in [3.8, 4) is 11.1 Å². The zero-order chi connectivity index (χ0) is 22.1. The van der Waals surface area contributed by atoms with Crippen molar-refractivity contribution in [2.24, 2.45) is 5.92 Å². The second-order valence-corrected chi connectivity index (χ2v) is 9.61. The molecule has 1 aromatic carbocycles. The Kier molecular flexibility index (Phi) is 5.97. The molecular formula is C24H28N4O3S. The number of ether oxygens (including phenoxy) is 1. The molecule has 1 amide bonds. The maximum absolute atomic E-state index is 12.7. The number of aryl methyl sites for hydroxylation is 1. The molecule has 7 nitrogen and oxygen atoms in total. The van der Waals surface area contributed by atoms with Crippen molar-refractivity contribution in [1.82, 2.24) is 15.3 Å². The van der Waals surface area contributed by atoms with Crippen LogP contribution >= 0.6 is 11.3 Å². The molecule has 2 aliphatic rings. The number of carbonyl (C=O) groups excluding carboxylic acids is 1. The first-order valence-electron chi connectivity index (χ1n) is 11.3. The predicted octanol–water partition coefficient (Wildman–Crippen LogP) is 3.47. The third-order valence-electron chi connectivity index (χ3n) is 6.44. The molecule has 2 saturated heterocycles. The van der Waals surface area contributed by atoms with E-state index in [2.05, 4.69) is 40.3 Å². The van der Waals surface area contributed by atoms with E-state index in [0.29, 0.717) is 30.3 Å². The quantitative estimate of drug-likeness (QED) is 0.619. The fourth-order valence-electron chi connectivity index (χ4n) is 4.60. The Morgan fingerprint density at radius 2 is 2.16 bits per heavy atom. The van der Waals surface area contributed by atoms with Gasteiger partial charge in [0.2, 0.25) is 11.9 Å². The zero-order valence-corrected chi connectivity index (χ0v) is 19.0. The van der Waals surface area contributed by atoms with Gasteiger partial charge < -0.3 is 15.0 Å². The molecule has 8 heteroatoms. The summed E-state index contributed by atoms with van der Waals surface area (Å²) >= 11 is 1.43. The van der Waals surface area contributed by atoms with Crippen LogP contribution in [0.5, 0.6) is 0 Å². The highest BCUT2D eigenvalue weighted by molar-refractivity contribution is 7.17. The van der Waals surface area contributed by atoms with E-state index in [1.807, 2.05) is 11.4 Å². The summed E-state index contributed by atoms with van der Waals surface area (Å²) in [5.41, 5.74) is 3.87. The lowest BCUT2D eigenvalue weighted by Gasteiger charge is -2.31. The highest BCUT2D eigenvalue weighted by Gasteiger charge is 2.27. The number of piperidine rings is 1. The van der Waals surface area contributed by atoms with E-state index >= 15 is 0 Å². The molecule has 0 aliphatic carbocycles. The number of nitrogens with zero attached hydrogens (tertiary/aromatic N) is 2. The number of aromatic amines is 1. The largest absolute Gasteiger partial charge is 0.376 e. The van der Waals surface area contributed by atoms with Gasteiger partial charge >= 0.3 is 0 Å². The van der Waals surface area contributed by atoms with E-state index in [0.717, 1.165) is 48.9 Å². The van der Waals surface area contributed by atoms with Crippen molar-refractivity contribution in [3.05, 3.63) is 45.6 Å². The van der Waals surface area contributed by atoms with Crippen LogP contribution in [-0.2, 0) is 9.53 Å². The summed E-state index contributed by atoms with van der Waals surface area (Å²) in [5, 5.41) is 5.06. The molecule has 168 valence electrons. The number of carbonyl (C=O) groups is 1. The number of H-pyrrole nitrogens is 1. The zero-order valence-electron chi connectivity index (χ0n) is 18.2. The third-order valence-corrected chi connectivity index (χ3v) is 7.40. The Morgan fingerprint density at radius 3 is 2.91 bits per heavy atom. The molecule has 32 heavy (non-hydrogen) atoms. The molecule has 2 fully saturated rings. The highest BCUT2D eigenvalue weighted by Crippen LogP contribution is 2.32. The van der Waals surface area contributed by atoms with Gasteiger partial charge in [0.1, 0.15) is 4.70 Å². The van der Waals surface area contributed by atoms with Crippen LogP contribution in [0.1, 0.15) is 31.2 Å². The molecule has 5 rings (SSSR count). The molecule has 1 atom stereocenters. The monoisotopic (exact) mass is 452 g/mol. The molecule has 2 aromatic heterocycles. The first-order valence-corrected chi connectivity index (χ1v) is 12.2. The average Bonchev–Trinajstić information content (AvgIpc) is 3.48. The Morgan fingerprint density at radius 1 is 1.31 bits per heavy atom. The Hall–Kier alpha value is -2.71. The number of hydrogen-bond acceptors (Lipinski definition) is 6. The normalized spacial score (nSPS) is 19.5. The Balaban J connectivity index is 1.29. The minimum Gasteiger partial charge on any atom is -0.376 e. The van der Waals surface area contributed by atoms with Gasteiger partial charge in [-0.1, -0.05) is 29.8 Å². The standard InChI is InChI=1S/C24H28N4O3S/c1-15-4-2-5-17(12-15)19-14-32-21-20(19)26-24(27-23(21)30)28-9-7-16(8-10-28)22(29)25-13-18-6-3-11-31-18/h2,4-5,12,14,16,18H,3,6-11,13H2,1H3,(H,25,29)(H,26,27,30)/t18-/m1/s1. The summed E-state index contributed by atoms with van der Waals surface area (Å²) in [4.78, 5) is 35.2. The van der Waals surface area contributed by atoms with Crippen LogP contribution in [0.3, 0.4) is 0 Å². The number of fused-ring (bicyclic) bond motifs is 1. The van der Waals surface area contributed by atoms with E-state index in [4.69, 9.17) is 9.72 Å². The number of anilines is 1. The van der Waals surface area contributed by atoms with Crippen LogP contribution in [0.2, 0.25) is 0 Å². The lowest BCUT2D eigenvalue weighted by Crippen LogP contribution is -2.43. The van der Waals surface area contributed by atoms with E-state index in [-0.39, 0.29) is 23.5 Å². The number of aromatic nitrogens is 2. The van der Waals surface area contributed by atoms with E-state index in [1.54, 1.807) is 0 Å².